The first-order chi connectivity index (χ1) is 12.6. The van der Waals surface area contributed by atoms with Crippen molar-refractivity contribution in [1.82, 2.24) is 9.97 Å². The van der Waals surface area contributed by atoms with Crippen molar-refractivity contribution in [1.29, 1.82) is 0 Å². The van der Waals surface area contributed by atoms with Gasteiger partial charge in [-0.3, -0.25) is 4.79 Å². The molecule has 1 heterocycles. The minimum atomic E-state index is 0.106. The number of anilines is 2. The molecule has 4 nitrogen and oxygen atoms in total. The van der Waals surface area contributed by atoms with E-state index < -0.39 is 0 Å². The molecular formula is C21H18ClN3O. The van der Waals surface area contributed by atoms with Crippen LogP contribution >= 0.6 is 11.6 Å². The van der Waals surface area contributed by atoms with Crippen LogP contribution in [0.1, 0.15) is 39.6 Å². The molecule has 0 aliphatic heterocycles. The van der Waals surface area contributed by atoms with Gasteiger partial charge in [0.2, 0.25) is 5.95 Å². The number of hydrogen-bond donors (Lipinski definition) is 1. The number of ketones is 1. The number of aryl methyl sites for hydroxylation is 1. The second-order valence-electron chi connectivity index (χ2n) is 6.53. The van der Waals surface area contributed by atoms with Crippen LogP contribution in [-0.4, -0.2) is 15.8 Å². The first-order valence-electron chi connectivity index (χ1n) is 8.58. The number of nitrogens with one attached hydrogen (secondary N) is 1. The number of nitrogens with zero attached hydrogens (tertiary/aromatic N) is 2. The highest BCUT2D eigenvalue weighted by Crippen LogP contribution is 2.34. The molecule has 1 N–H and O–H groups in total. The van der Waals surface area contributed by atoms with Crippen molar-refractivity contribution in [3.63, 3.8) is 0 Å². The van der Waals surface area contributed by atoms with E-state index in [9.17, 15) is 4.79 Å². The van der Waals surface area contributed by atoms with Gasteiger partial charge in [-0.25, -0.2) is 9.97 Å². The summed E-state index contributed by atoms with van der Waals surface area (Å²) in [4.78, 5) is 21.8. The normalized spacial score (nSPS) is 16.2. The van der Waals surface area contributed by atoms with Crippen molar-refractivity contribution in [3.05, 3.63) is 82.1 Å². The number of halogens is 1. The van der Waals surface area contributed by atoms with Crippen LogP contribution in [0, 0.1) is 6.92 Å². The number of fused-ring (bicyclic) bond motifs is 1. The highest BCUT2D eigenvalue weighted by molar-refractivity contribution is 6.30. The van der Waals surface area contributed by atoms with E-state index in [0.717, 1.165) is 29.1 Å². The SMILES string of the molecule is Cc1nc(Nc2ccccc2)nc2c1C(=O)C[C@H](c1ccc(Cl)cc1)C2. The first-order valence-corrected chi connectivity index (χ1v) is 8.96. The highest BCUT2D eigenvalue weighted by atomic mass is 35.5. The number of carbonyl (C=O) groups excluding carboxylic acids is 1. The summed E-state index contributed by atoms with van der Waals surface area (Å²) in [6, 6.07) is 17.5. The summed E-state index contributed by atoms with van der Waals surface area (Å²) < 4.78 is 0. The molecule has 130 valence electrons. The number of aromatic nitrogens is 2. The van der Waals surface area contributed by atoms with Crippen molar-refractivity contribution in [2.75, 3.05) is 5.32 Å². The Hall–Kier alpha value is -2.72. The lowest BCUT2D eigenvalue weighted by Gasteiger charge is -2.24. The Morgan fingerprint density at radius 1 is 1.00 bits per heavy atom. The molecule has 1 atom stereocenters. The average Bonchev–Trinajstić information content (AvgIpc) is 2.62. The molecular weight excluding hydrogens is 346 g/mol. The Morgan fingerprint density at radius 2 is 1.73 bits per heavy atom. The topological polar surface area (TPSA) is 54.9 Å². The maximum atomic E-state index is 12.7. The lowest BCUT2D eigenvalue weighted by molar-refractivity contribution is 0.0962. The van der Waals surface area contributed by atoms with Crippen molar-refractivity contribution in [2.24, 2.45) is 0 Å². The number of Topliss-reactive ketones (excluding diaryl/α,β-unsaturated/α-hetero) is 1. The molecule has 5 heteroatoms. The van der Waals surface area contributed by atoms with Crippen molar-refractivity contribution < 1.29 is 4.79 Å². The molecule has 0 spiro atoms. The Balaban J connectivity index is 1.67. The molecule has 0 bridgehead atoms. The first kappa shape index (κ1) is 16.7. The molecule has 0 saturated carbocycles. The van der Waals surface area contributed by atoms with Crippen LogP contribution in [0.3, 0.4) is 0 Å². The van der Waals surface area contributed by atoms with Gasteiger partial charge in [-0.1, -0.05) is 41.9 Å². The Morgan fingerprint density at radius 3 is 2.46 bits per heavy atom. The summed E-state index contributed by atoms with van der Waals surface area (Å²) in [6.07, 6.45) is 1.19. The van der Waals surface area contributed by atoms with Crippen LogP contribution in [0.5, 0.6) is 0 Å². The summed E-state index contributed by atoms with van der Waals surface area (Å²) in [5.74, 6) is 0.748. The number of benzene rings is 2. The van der Waals surface area contributed by atoms with Gasteiger partial charge in [0, 0.05) is 17.1 Å². The zero-order valence-electron chi connectivity index (χ0n) is 14.4. The van der Waals surface area contributed by atoms with E-state index in [1.165, 1.54) is 0 Å². The third kappa shape index (κ3) is 3.33. The minimum Gasteiger partial charge on any atom is -0.324 e. The fraction of sp³-hybridized carbons (Fsp3) is 0.190. The lowest BCUT2D eigenvalue weighted by Crippen LogP contribution is -2.22. The van der Waals surface area contributed by atoms with E-state index in [4.69, 9.17) is 11.6 Å². The molecule has 1 aliphatic rings. The summed E-state index contributed by atoms with van der Waals surface area (Å²) in [5.41, 5.74) is 4.25. The predicted octanol–water partition coefficient (Wildman–Crippen LogP) is 5.09. The van der Waals surface area contributed by atoms with Crippen LogP contribution in [-0.2, 0) is 6.42 Å². The van der Waals surface area contributed by atoms with E-state index in [-0.39, 0.29) is 11.7 Å². The van der Waals surface area contributed by atoms with Gasteiger partial charge in [0.25, 0.3) is 0 Å². The number of rotatable bonds is 3. The van der Waals surface area contributed by atoms with Crippen molar-refractivity contribution in [2.45, 2.75) is 25.7 Å². The summed E-state index contributed by atoms with van der Waals surface area (Å²) in [5, 5.41) is 3.92. The largest absolute Gasteiger partial charge is 0.324 e. The molecule has 2 aromatic carbocycles. The van der Waals surface area contributed by atoms with E-state index >= 15 is 0 Å². The van der Waals surface area contributed by atoms with E-state index in [1.54, 1.807) is 0 Å². The molecule has 1 aromatic heterocycles. The van der Waals surface area contributed by atoms with Gasteiger partial charge in [0.05, 0.1) is 17.0 Å². The number of carbonyl (C=O) groups is 1. The molecule has 0 amide bonds. The maximum Gasteiger partial charge on any atom is 0.227 e. The summed E-state index contributed by atoms with van der Waals surface area (Å²) in [7, 11) is 0. The Labute approximate surface area is 157 Å². The van der Waals surface area contributed by atoms with Crippen LogP contribution in [0.2, 0.25) is 5.02 Å². The second-order valence-corrected chi connectivity index (χ2v) is 6.96. The number of hydrogen-bond acceptors (Lipinski definition) is 4. The van der Waals surface area contributed by atoms with E-state index in [2.05, 4.69) is 15.3 Å². The molecule has 3 aromatic rings. The smallest absolute Gasteiger partial charge is 0.227 e. The second kappa shape index (κ2) is 6.89. The van der Waals surface area contributed by atoms with Crippen LogP contribution < -0.4 is 5.32 Å². The van der Waals surface area contributed by atoms with Crippen molar-refractivity contribution in [3.8, 4) is 0 Å². The predicted molar refractivity (Wildman–Crippen MR) is 103 cm³/mol. The summed E-state index contributed by atoms with van der Waals surface area (Å²) in [6.45, 7) is 1.87. The van der Waals surface area contributed by atoms with Crippen molar-refractivity contribution >= 4 is 29.0 Å². The summed E-state index contributed by atoms with van der Waals surface area (Å²) >= 11 is 5.98. The van der Waals surface area contributed by atoms with Gasteiger partial charge < -0.3 is 5.32 Å². The molecule has 0 saturated heterocycles. The lowest BCUT2D eigenvalue weighted by atomic mass is 9.81. The fourth-order valence-electron chi connectivity index (χ4n) is 3.45. The zero-order valence-corrected chi connectivity index (χ0v) is 15.1. The van der Waals surface area contributed by atoms with Crippen LogP contribution in [0.4, 0.5) is 11.6 Å². The molecule has 0 fully saturated rings. The van der Waals surface area contributed by atoms with Crippen LogP contribution in [0.15, 0.2) is 54.6 Å². The number of para-hydroxylation sites is 1. The Bertz CT molecular complexity index is 955. The highest BCUT2D eigenvalue weighted by Gasteiger charge is 2.29. The molecule has 4 rings (SSSR count). The third-order valence-corrected chi connectivity index (χ3v) is 4.94. The molecule has 0 radical (unpaired) electrons. The maximum absolute atomic E-state index is 12.7. The van der Waals surface area contributed by atoms with Gasteiger partial charge in [-0.2, -0.15) is 0 Å². The monoisotopic (exact) mass is 363 g/mol. The van der Waals surface area contributed by atoms with E-state index in [0.29, 0.717) is 23.0 Å². The average molecular weight is 364 g/mol. The van der Waals surface area contributed by atoms with Crippen LogP contribution in [0.25, 0.3) is 0 Å². The standard InChI is InChI=1S/C21H18ClN3O/c1-13-20-18(25-21(23-13)24-17-5-3-2-4-6-17)11-15(12-19(20)26)14-7-9-16(22)10-8-14/h2-10,15H,11-12H2,1H3,(H,23,24,25)/t15-/m1/s1. The van der Waals surface area contributed by atoms with Gasteiger partial charge in [-0.05, 0) is 49.1 Å². The third-order valence-electron chi connectivity index (χ3n) is 4.69. The molecule has 1 aliphatic carbocycles. The van der Waals surface area contributed by atoms with Gasteiger partial charge >= 0.3 is 0 Å². The van der Waals surface area contributed by atoms with E-state index in [1.807, 2.05) is 61.5 Å². The van der Waals surface area contributed by atoms with Gasteiger partial charge in [0.1, 0.15) is 0 Å². The minimum absolute atomic E-state index is 0.106. The quantitative estimate of drug-likeness (QED) is 0.703. The van der Waals surface area contributed by atoms with Gasteiger partial charge in [0.15, 0.2) is 5.78 Å². The molecule has 0 unspecified atom stereocenters. The molecule has 26 heavy (non-hydrogen) atoms. The Kier molecular flexibility index (Phi) is 4.43. The van der Waals surface area contributed by atoms with Gasteiger partial charge in [-0.15, -0.1) is 0 Å². The zero-order chi connectivity index (χ0) is 18.1. The fourth-order valence-corrected chi connectivity index (χ4v) is 3.58.